The second-order valence-corrected chi connectivity index (χ2v) is 6.91. The lowest BCUT2D eigenvalue weighted by Crippen LogP contribution is -2.26. The fraction of sp³-hybridized carbons (Fsp3) is 0.133. The highest BCUT2D eigenvalue weighted by Gasteiger charge is 2.36. The molecule has 3 aromatic rings. The van der Waals surface area contributed by atoms with Crippen molar-refractivity contribution in [3.8, 4) is 0 Å². The Morgan fingerprint density at radius 2 is 1.95 bits per heavy atom. The summed E-state index contributed by atoms with van der Waals surface area (Å²) in [5.41, 5.74) is 1.43. The van der Waals surface area contributed by atoms with Gasteiger partial charge >= 0.3 is 0 Å². The number of nitrogens with zero attached hydrogens (tertiary/aromatic N) is 2. The number of aryl methyl sites for hydroxylation is 1. The van der Waals surface area contributed by atoms with Crippen LogP contribution in [0.4, 0.5) is 5.69 Å². The molecule has 1 aliphatic heterocycles. The third-order valence-corrected chi connectivity index (χ3v) is 5.46. The van der Waals surface area contributed by atoms with E-state index in [2.05, 4.69) is 5.16 Å². The Bertz CT molecular complexity index is 955. The number of anilines is 1. The number of sulfonamides is 1. The number of aromatic nitrogens is 1. The first-order chi connectivity index (χ1) is 10.1. The normalized spacial score (nSPS) is 15.8. The van der Waals surface area contributed by atoms with Crippen molar-refractivity contribution in [1.29, 1.82) is 0 Å². The van der Waals surface area contributed by atoms with Gasteiger partial charge in [-0.2, -0.15) is 0 Å². The number of hydrogen-bond donors (Lipinski definition) is 0. The first kappa shape index (κ1) is 12.4. The van der Waals surface area contributed by atoms with Crippen LogP contribution in [0.15, 0.2) is 51.9 Å². The Kier molecular flexibility index (Phi) is 2.41. The largest absolute Gasteiger partial charge is 0.359 e. The molecule has 0 fully saturated rings. The molecule has 21 heavy (non-hydrogen) atoms. The van der Waals surface area contributed by atoms with Crippen molar-refractivity contribution in [1.82, 2.24) is 5.16 Å². The summed E-state index contributed by atoms with van der Waals surface area (Å²) in [4.78, 5) is 0.354. The molecule has 0 atom stereocenters. The zero-order valence-electron chi connectivity index (χ0n) is 11.3. The van der Waals surface area contributed by atoms with Gasteiger partial charge < -0.3 is 4.52 Å². The summed E-state index contributed by atoms with van der Waals surface area (Å²) in [5, 5.41) is 5.50. The standard InChI is InChI=1S/C15H12N2O3S/c1-10-8-12(20-16-10)9-17-13-6-2-4-11-5-3-7-14(15(11)13)21(17,18)19/h2-8H,9H2,1H3. The van der Waals surface area contributed by atoms with Gasteiger partial charge in [0, 0.05) is 11.5 Å². The molecule has 0 saturated heterocycles. The highest BCUT2D eigenvalue weighted by molar-refractivity contribution is 7.93. The molecule has 1 aliphatic rings. The highest BCUT2D eigenvalue weighted by atomic mass is 32.2. The van der Waals surface area contributed by atoms with Crippen molar-refractivity contribution in [2.24, 2.45) is 0 Å². The van der Waals surface area contributed by atoms with Crippen LogP contribution >= 0.6 is 0 Å². The zero-order valence-corrected chi connectivity index (χ0v) is 12.1. The second-order valence-electron chi connectivity index (χ2n) is 5.08. The smallest absolute Gasteiger partial charge is 0.265 e. The van der Waals surface area contributed by atoms with Crippen LogP contribution in [-0.2, 0) is 16.6 Å². The molecule has 0 unspecified atom stereocenters. The first-order valence-electron chi connectivity index (χ1n) is 6.54. The van der Waals surface area contributed by atoms with E-state index in [0.29, 0.717) is 16.3 Å². The summed E-state index contributed by atoms with van der Waals surface area (Å²) in [7, 11) is -3.54. The maximum Gasteiger partial charge on any atom is 0.265 e. The molecule has 5 nitrogen and oxygen atoms in total. The summed E-state index contributed by atoms with van der Waals surface area (Å²) >= 11 is 0. The molecule has 0 aliphatic carbocycles. The Morgan fingerprint density at radius 1 is 1.19 bits per heavy atom. The maximum atomic E-state index is 12.7. The van der Waals surface area contributed by atoms with Crippen molar-refractivity contribution in [2.75, 3.05) is 4.31 Å². The maximum absolute atomic E-state index is 12.7. The summed E-state index contributed by atoms with van der Waals surface area (Å²) in [5.74, 6) is 0.529. The SMILES string of the molecule is Cc1cc(CN2c3cccc4cccc(c34)S2(=O)=O)on1. The van der Waals surface area contributed by atoms with E-state index in [0.717, 1.165) is 16.5 Å². The predicted octanol–water partition coefficient (Wildman–Crippen LogP) is 2.85. The molecule has 4 rings (SSSR count). The van der Waals surface area contributed by atoms with Gasteiger partial charge in [0.15, 0.2) is 5.76 Å². The third kappa shape index (κ3) is 1.69. The summed E-state index contributed by atoms with van der Waals surface area (Å²) < 4.78 is 32.0. The molecular weight excluding hydrogens is 288 g/mol. The quantitative estimate of drug-likeness (QED) is 0.730. The minimum atomic E-state index is -3.54. The Labute approximate surface area is 121 Å². The van der Waals surface area contributed by atoms with Crippen LogP contribution in [0, 0.1) is 6.92 Å². The number of benzene rings is 2. The van der Waals surface area contributed by atoms with Gasteiger partial charge in [-0.15, -0.1) is 0 Å². The van der Waals surface area contributed by atoms with Gasteiger partial charge in [0.2, 0.25) is 0 Å². The monoisotopic (exact) mass is 300 g/mol. The van der Waals surface area contributed by atoms with Gasteiger partial charge in [0.05, 0.1) is 22.8 Å². The first-order valence-corrected chi connectivity index (χ1v) is 7.98. The van der Waals surface area contributed by atoms with Gasteiger partial charge in [-0.3, -0.25) is 4.31 Å². The molecule has 6 heteroatoms. The molecule has 0 bridgehead atoms. The minimum Gasteiger partial charge on any atom is -0.359 e. The topological polar surface area (TPSA) is 63.4 Å². The Hall–Kier alpha value is -2.34. The van der Waals surface area contributed by atoms with Crippen LogP contribution in [0.2, 0.25) is 0 Å². The number of hydrogen-bond acceptors (Lipinski definition) is 4. The van der Waals surface area contributed by atoms with Gasteiger partial charge in [-0.1, -0.05) is 29.4 Å². The van der Waals surface area contributed by atoms with Crippen molar-refractivity contribution in [3.63, 3.8) is 0 Å². The average molecular weight is 300 g/mol. The van der Waals surface area contributed by atoms with E-state index >= 15 is 0 Å². The van der Waals surface area contributed by atoms with Crippen molar-refractivity contribution in [2.45, 2.75) is 18.4 Å². The van der Waals surface area contributed by atoms with Crippen LogP contribution in [0.1, 0.15) is 11.5 Å². The molecule has 0 spiro atoms. The lowest BCUT2D eigenvalue weighted by Gasteiger charge is -2.16. The summed E-state index contributed by atoms with van der Waals surface area (Å²) in [6.45, 7) is 1.96. The van der Waals surface area contributed by atoms with Gasteiger partial charge in [0.1, 0.15) is 0 Å². The van der Waals surface area contributed by atoms with Crippen LogP contribution < -0.4 is 4.31 Å². The predicted molar refractivity (Wildman–Crippen MR) is 78.6 cm³/mol. The van der Waals surface area contributed by atoms with E-state index in [1.54, 1.807) is 25.1 Å². The van der Waals surface area contributed by atoms with Gasteiger partial charge in [-0.25, -0.2) is 8.42 Å². The van der Waals surface area contributed by atoms with Crippen molar-refractivity contribution >= 4 is 26.5 Å². The molecule has 0 radical (unpaired) electrons. The van der Waals surface area contributed by atoms with E-state index in [-0.39, 0.29) is 6.54 Å². The van der Waals surface area contributed by atoms with Crippen molar-refractivity contribution < 1.29 is 12.9 Å². The Balaban J connectivity index is 1.92. The lowest BCUT2D eigenvalue weighted by molar-refractivity contribution is 0.381. The van der Waals surface area contributed by atoms with E-state index in [1.807, 2.05) is 24.3 Å². The average Bonchev–Trinajstić information content (AvgIpc) is 2.96. The fourth-order valence-electron chi connectivity index (χ4n) is 2.76. The Morgan fingerprint density at radius 3 is 2.67 bits per heavy atom. The molecular formula is C15H12N2O3S. The summed E-state index contributed by atoms with van der Waals surface area (Å²) in [6.07, 6.45) is 0. The zero-order chi connectivity index (χ0) is 14.6. The van der Waals surface area contributed by atoms with Crippen LogP contribution in [0.3, 0.4) is 0 Å². The van der Waals surface area contributed by atoms with Gasteiger partial charge in [-0.05, 0) is 24.4 Å². The molecule has 1 aromatic heterocycles. The van der Waals surface area contributed by atoms with Gasteiger partial charge in [0.25, 0.3) is 10.0 Å². The van der Waals surface area contributed by atoms with Crippen LogP contribution in [0.5, 0.6) is 0 Å². The molecule has 2 heterocycles. The molecule has 0 N–H and O–H groups in total. The lowest BCUT2D eigenvalue weighted by atomic mass is 10.1. The molecule has 0 saturated carbocycles. The van der Waals surface area contributed by atoms with Crippen LogP contribution in [0.25, 0.3) is 10.8 Å². The number of rotatable bonds is 2. The second kappa shape index (κ2) is 4.08. The molecule has 106 valence electrons. The van der Waals surface area contributed by atoms with Crippen molar-refractivity contribution in [3.05, 3.63) is 53.9 Å². The minimum absolute atomic E-state index is 0.150. The van der Waals surface area contributed by atoms with E-state index in [9.17, 15) is 8.42 Å². The van der Waals surface area contributed by atoms with E-state index in [1.165, 1.54) is 4.31 Å². The highest BCUT2D eigenvalue weighted by Crippen LogP contribution is 2.42. The van der Waals surface area contributed by atoms with Crippen LogP contribution in [-0.4, -0.2) is 13.6 Å². The molecule has 2 aromatic carbocycles. The third-order valence-electron chi connectivity index (χ3n) is 3.66. The van der Waals surface area contributed by atoms with E-state index < -0.39 is 10.0 Å². The van der Waals surface area contributed by atoms with E-state index in [4.69, 9.17) is 4.52 Å². The molecule has 0 amide bonds. The summed E-state index contributed by atoms with van der Waals surface area (Å²) in [6, 6.07) is 12.7. The fourth-order valence-corrected chi connectivity index (χ4v) is 4.44.